The van der Waals surface area contributed by atoms with Gasteiger partial charge in [-0.05, 0) is 30.5 Å². The minimum absolute atomic E-state index is 0.671. The summed E-state index contributed by atoms with van der Waals surface area (Å²) < 4.78 is 0. The SMILES string of the molecule is CCc1cc2c(NN)nc(-c3ccncc3CC)nc2s1. The molecule has 0 aliphatic heterocycles. The monoisotopic (exact) mass is 299 g/mol. The van der Waals surface area contributed by atoms with Crippen molar-refractivity contribution in [1.82, 2.24) is 15.0 Å². The zero-order chi connectivity index (χ0) is 14.8. The standard InChI is InChI=1S/C15H17N5S/c1-3-9-8-17-6-5-11(9)13-18-14(20-16)12-7-10(4-2)21-15(12)19-13/h5-8H,3-4,16H2,1-2H3,(H,18,19,20). The number of hydrogen-bond acceptors (Lipinski definition) is 6. The lowest BCUT2D eigenvalue weighted by Gasteiger charge is -2.08. The number of hydrazine groups is 1. The van der Waals surface area contributed by atoms with Crippen LogP contribution in [0.4, 0.5) is 5.82 Å². The van der Waals surface area contributed by atoms with Crippen LogP contribution >= 0.6 is 11.3 Å². The van der Waals surface area contributed by atoms with Gasteiger partial charge in [-0.25, -0.2) is 15.8 Å². The van der Waals surface area contributed by atoms with Crippen molar-refractivity contribution in [3.63, 3.8) is 0 Å². The summed E-state index contributed by atoms with van der Waals surface area (Å²) in [5.74, 6) is 7.00. The summed E-state index contributed by atoms with van der Waals surface area (Å²) in [6.07, 6.45) is 5.50. The molecule has 3 aromatic heterocycles. The Kier molecular flexibility index (Phi) is 3.81. The van der Waals surface area contributed by atoms with E-state index in [2.05, 4.69) is 35.3 Å². The van der Waals surface area contributed by atoms with Gasteiger partial charge >= 0.3 is 0 Å². The quantitative estimate of drug-likeness (QED) is 0.571. The predicted octanol–water partition coefficient (Wildman–Crippen LogP) is 3.16. The molecular weight excluding hydrogens is 282 g/mol. The number of nitrogen functional groups attached to an aromatic ring is 1. The summed E-state index contributed by atoms with van der Waals surface area (Å²) in [5, 5.41) is 0.982. The summed E-state index contributed by atoms with van der Waals surface area (Å²) in [6, 6.07) is 4.06. The number of anilines is 1. The fourth-order valence-corrected chi connectivity index (χ4v) is 3.27. The van der Waals surface area contributed by atoms with Gasteiger partial charge in [0.1, 0.15) is 4.83 Å². The maximum Gasteiger partial charge on any atom is 0.163 e. The van der Waals surface area contributed by atoms with Crippen molar-refractivity contribution >= 4 is 27.4 Å². The molecule has 0 saturated carbocycles. The van der Waals surface area contributed by atoms with Gasteiger partial charge in [0.25, 0.3) is 0 Å². The average Bonchev–Trinajstić information content (AvgIpc) is 2.97. The van der Waals surface area contributed by atoms with Gasteiger partial charge in [0.2, 0.25) is 0 Å². The predicted molar refractivity (Wildman–Crippen MR) is 87.2 cm³/mol. The van der Waals surface area contributed by atoms with Crippen molar-refractivity contribution in [2.24, 2.45) is 5.84 Å². The highest BCUT2D eigenvalue weighted by molar-refractivity contribution is 7.18. The molecule has 3 aromatic rings. The van der Waals surface area contributed by atoms with Crippen LogP contribution < -0.4 is 11.3 Å². The zero-order valence-electron chi connectivity index (χ0n) is 12.1. The van der Waals surface area contributed by atoms with Crippen LogP contribution in [0, 0.1) is 0 Å². The van der Waals surface area contributed by atoms with Crippen molar-refractivity contribution in [3.05, 3.63) is 35.0 Å². The third kappa shape index (κ3) is 2.48. The number of hydrogen-bond donors (Lipinski definition) is 2. The Morgan fingerprint density at radius 1 is 1.24 bits per heavy atom. The summed E-state index contributed by atoms with van der Waals surface area (Å²) in [7, 11) is 0. The highest BCUT2D eigenvalue weighted by atomic mass is 32.1. The van der Waals surface area contributed by atoms with Gasteiger partial charge in [0.15, 0.2) is 11.6 Å². The Labute approximate surface area is 127 Å². The fourth-order valence-electron chi connectivity index (χ4n) is 2.30. The van der Waals surface area contributed by atoms with Crippen LogP contribution in [0.2, 0.25) is 0 Å². The summed E-state index contributed by atoms with van der Waals surface area (Å²) in [4.78, 5) is 15.7. The van der Waals surface area contributed by atoms with Gasteiger partial charge in [-0.15, -0.1) is 11.3 Å². The number of fused-ring (bicyclic) bond motifs is 1. The molecule has 0 aromatic carbocycles. The topological polar surface area (TPSA) is 76.7 Å². The Morgan fingerprint density at radius 3 is 2.81 bits per heavy atom. The zero-order valence-corrected chi connectivity index (χ0v) is 12.9. The van der Waals surface area contributed by atoms with Gasteiger partial charge in [0.05, 0.1) is 5.39 Å². The van der Waals surface area contributed by atoms with E-state index < -0.39 is 0 Å². The van der Waals surface area contributed by atoms with Gasteiger partial charge in [-0.3, -0.25) is 4.98 Å². The van der Waals surface area contributed by atoms with Crippen molar-refractivity contribution in [2.45, 2.75) is 26.7 Å². The number of nitrogens with two attached hydrogens (primary N) is 1. The van der Waals surface area contributed by atoms with Crippen molar-refractivity contribution in [1.29, 1.82) is 0 Å². The van der Waals surface area contributed by atoms with Crippen molar-refractivity contribution < 1.29 is 0 Å². The maximum absolute atomic E-state index is 5.64. The minimum atomic E-state index is 0.671. The Hall–Kier alpha value is -2.05. The second kappa shape index (κ2) is 5.75. The number of rotatable bonds is 4. The van der Waals surface area contributed by atoms with E-state index in [4.69, 9.17) is 10.8 Å². The number of aromatic nitrogens is 3. The lowest BCUT2D eigenvalue weighted by atomic mass is 10.1. The molecule has 0 atom stereocenters. The highest BCUT2D eigenvalue weighted by Gasteiger charge is 2.13. The minimum Gasteiger partial charge on any atom is -0.308 e. The molecule has 21 heavy (non-hydrogen) atoms. The first-order valence-corrected chi connectivity index (χ1v) is 7.78. The summed E-state index contributed by atoms with van der Waals surface area (Å²) in [5.41, 5.74) is 4.84. The van der Waals surface area contributed by atoms with E-state index in [1.54, 1.807) is 17.5 Å². The molecule has 0 amide bonds. The molecule has 0 aliphatic rings. The molecule has 5 nitrogen and oxygen atoms in total. The normalized spacial score (nSPS) is 11.0. The smallest absolute Gasteiger partial charge is 0.163 e. The second-order valence-corrected chi connectivity index (χ2v) is 5.83. The number of thiophene rings is 1. The first-order valence-electron chi connectivity index (χ1n) is 6.97. The van der Waals surface area contributed by atoms with Crippen LogP contribution in [0.5, 0.6) is 0 Å². The van der Waals surface area contributed by atoms with Crippen LogP contribution in [0.1, 0.15) is 24.3 Å². The van der Waals surface area contributed by atoms with Crippen molar-refractivity contribution in [3.8, 4) is 11.4 Å². The van der Waals surface area contributed by atoms with Crippen LogP contribution in [-0.2, 0) is 12.8 Å². The van der Waals surface area contributed by atoms with Gasteiger partial charge in [0, 0.05) is 22.8 Å². The molecular formula is C15H17N5S. The molecule has 0 saturated heterocycles. The van der Waals surface area contributed by atoms with E-state index in [-0.39, 0.29) is 0 Å². The number of nitrogens with zero attached hydrogens (tertiary/aromatic N) is 3. The summed E-state index contributed by atoms with van der Waals surface area (Å²) >= 11 is 1.69. The molecule has 6 heteroatoms. The van der Waals surface area contributed by atoms with Crippen LogP contribution in [0.3, 0.4) is 0 Å². The first kappa shape index (κ1) is 13.9. The Bertz CT molecular complexity index is 781. The molecule has 3 N–H and O–H groups in total. The van der Waals surface area contributed by atoms with Crippen LogP contribution in [0.15, 0.2) is 24.5 Å². The van der Waals surface area contributed by atoms with E-state index in [1.807, 2.05) is 12.3 Å². The molecule has 0 bridgehead atoms. The molecule has 3 rings (SSSR count). The van der Waals surface area contributed by atoms with E-state index in [1.165, 1.54) is 4.88 Å². The van der Waals surface area contributed by atoms with Gasteiger partial charge in [-0.1, -0.05) is 13.8 Å². The summed E-state index contributed by atoms with van der Waals surface area (Å²) in [6.45, 7) is 4.23. The van der Waals surface area contributed by atoms with Crippen molar-refractivity contribution in [2.75, 3.05) is 5.43 Å². The second-order valence-electron chi connectivity index (χ2n) is 4.71. The average molecular weight is 299 g/mol. The Morgan fingerprint density at radius 2 is 2.10 bits per heavy atom. The number of pyridine rings is 1. The molecule has 0 unspecified atom stereocenters. The Balaban J connectivity index is 2.23. The largest absolute Gasteiger partial charge is 0.308 e. The molecule has 0 aliphatic carbocycles. The first-order chi connectivity index (χ1) is 10.3. The highest BCUT2D eigenvalue weighted by Crippen LogP contribution is 2.32. The van der Waals surface area contributed by atoms with Crippen LogP contribution in [0.25, 0.3) is 21.6 Å². The molecule has 3 heterocycles. The lowest BCUT2D eigenvalue weighted by molar-refractivity contribution is 1.09. The van der Waals surface area contributed by atoms with E-state index in [9.17, 15) is 0 Å². The molecule has 0 radical (unpaired) electrons. The fraction of sp³-hybridized carbons (Fsp3) is 0.267. The third-order valence-corrected chi connectivity index (χ3v) is 4.63. The van der Waals surface area contributed by atoms with E-state index >= 15 is 0 Å². The van der Waals surface area contributed by atoms with Gasteiger partial charge in [-0.2, -0.15) is 0 Å². The molecule has 0 spiro atoms. The molecule has 108 valence electrons. The maximum atomic E-state index is 5.64. The van der Waals surface area contributed by atoms with E-state index in [0.29, 0.717) is 11.6 Å². The number of nitrogens with one attached hydrogen (secondary N) is 1. The van der Waals surface area contributed by atoms with E-state index in [0.717, 1.165) is 34.2 Å². The van der Waals surface area contributed by atoms with Crippen LogP contribution in [-0.4, -0.2) is 15.0 Å². The third-order valence-electron chi connectivity index (χ3n) is 3.45. The molecule has 0 fully saturated rings. The lowest BCUT2D eigenvalue weighted by Crippen LogP contribution is -2.10. The number of aryl methyl sites for hydroxylation is 2. The van der Waals surface area contributed by atoms with Gasteiger partial charge < -0.3 is 5.43 Å².